The number of amides is 1. The third-order valence-electron chi connectivity index (χ3n) is 5.56. The fourth-order valence-corrected chi connectivity index (χ4v) is 3.68. The van der Waals surface area contributed by atoms with Gasteiger partial charge in [-0.1, -0.05) is 32.0 Å². The number of oxazole rings is 1. The molecule has 0 aliphatic rings. The van der Waals surface area contributed by atoms with Crippen molar-refractivity contribution in [3.8, 4) is 17.2 Å². The molecule has 1 amide bonds. The van der Waals surface area contributed by atoms with Gasteiger partial charge in [-0.2, -0.15) is 0 Å². The smallest absolute Gasteiger partial charge is 0.261 e. The summed E-state index contributed by atoms with van der Waals surface area (Å²) in [5.41, 5.74) is 4.87. The van der Waals surface area contributed by atoms with Crippen molar-refractivity contribution in [3.05, 3.63) is 77.9 Å². The average Bonchev–Trinajstić information content (AvgIpc) is 3.27. The number of nitrogens with zero attached hydrogens (tertiary/aromatic N) is 1. The number of methoxy groups -OCH3 is 1. The molecule has 0 saturated carbocycles. The van der Waals surface area contributed by atoms with Gasteiger partial charge in [0.05, 0.1) is 12.7 Å². The minimum absolute atomic E-state index is 0.193. The molecule has 0 saturated heterocycles. The molecular formula is C26H25N3O3S. The Kier molecular flexibility index (Phi) is 6.70. The number of benzene rings is 3. The fraction of sp³-hybridized carbons (Fsp3) is 0.192. The van der Waals surface area contributed by atoms with E-state index in [1.807, 2.05) is 30.3 Å². The van der Waals surface area contributed by atoms with Crippen molar-refractivity contribution in [3.63, 3.8) is 0 Å². The van der Waals surface area contributed by atoms with E-state index in [4.69, 9.17) is 21.4 Å². The Labute approximate surface area is 198 Å². The summed E-state index contributed by atoms with van der Waals surface area (Å²) in [4.78, 5) is 17.2. The highest BCUT2D eigenvalue weighted by molar-refractivity contribution is 7.80. The summed E-state index contributed by atoms with van der Waals surface area (Å²) in [5.74, 6) is 1.18. The summed E-state index contributed by atoms with van der Waals surface area (Å²) in [6.07, 6.45) is 1.08. The second-order valence-electron chi connectivity index (χ2n) is 7.74. The zero-order chi connectivity index (χ0) is 23.4. The molecule has 1 heterocycles. The minimum atomic E-state index is -0.343. The number of ether oxygens (including phenoxy) is 1. The van der Waals surface area contributed by atoms with Gasteiger partial charge in [0.1, 0.15) is 11.3 Å². The SMILES string of the molecule is CCC(C)c1ccc2oc(-c3ccc(NC(=S)NC(=O)c4ccccc4OC)cc3)nc2c1. The van der Waals surface area contributed by atoms with Crippen LogP contribution < -0.4 is 15.4 Å². The van der Waals surface area contributed by atoms with Crippen molar-refractivity contribution in [2.24, 2.45) is 0 Å². The Morgan fingerprint density at radius 1 is 1.12 bits per heavy atom. The van der Waals surface area contributed by atoms with E-state index in [-0.39, 0.29) is 11.0 Å². The Hall–Kier alpha value is -3.71. The van der Waals surface area contributed by atoms with Crippen LogP contribution in [0.25, 0.3) is 22.6 Å². The molecule has 0 aliphatic heterocycles. The van der Waals surface area contributed by atoms with Gasteiger partial charge >= 0.3 is 0 Å². The van der Waals surface area contributed by atoms with Crippen molar-refractivity contribution in [2.45, 2.75) is 26.2 Å². The molecule has 0 aliphatic carbocycles. The van der Waals surface area contributed by atoms with E-state index >= 15 is 0 Å². The summed E-state index contributed by atoms with van der Waals surface area (Å²) >= 11 is 5.29. The predicted octanol–water partition coefficient (Wildman–Crippen LogP) is 6.14. The van der Waals surface area contributed by atoms with E-state index in [1.165, 1.54) is 12.7 Å². The maximum Gasteiger partial charge on any atom is 0.261 e. The van der Waals surface area contributed by atoms with Gasteiger partial charge in [-0.3, -0.25) is 10.1 Å². The van der Waals surface area contributed by atoms with Crippen LogP contribution in [-0.2, 0) is 0 Å². The monoisotopic (exact) mass is 459 g/mol. The number of fused-ring (bicyclic) bond motifs is 1. The third kappa shape index (κ3) is 5.04. The second-order valence-corrected chi connectivity index (χ2v) is 8.15. The number of carbonyl (C=O) groups excluding carboxylic acids is 1. The van der Waals surface area contributed by atoms with E-state index in [0.29, 0.717) is 23.1 Å². The van der Waals surface area contributed by atoms with E-state index in [9.17, 15) is 4.79 Å². The Bertz CT molecular complexity index is 1300. The minimum Gasteiger partial charge on any atom is -0.496 e. The molecule has 0 spiro atoms. The standard InChI is InChI=1S/C26H25N3O3S/c1-4-16(2)18-11-14-23-21(15-18)28-25(32-23)17-9-12-19(13-10-17)27-26(33)29-24(30)20-7-5-6-8-22(20)31-3/h5-16H,4H2,1-3H3,(H2,27,29,30,33). The summed E-state index contributed by atoms with van der Waals surface area (Å²) in [5, 5.41) is 5.89. The number of rotatable bonds is 6. The van der Waals surface area contributed by atoms with E-state index in [2.05, 4.69) is 41.6 Å². The maximum absolute atomic E-state index is 12.5. The van der Waals surface area contributed by atoms with Gasteiger partial charge in [-0.15, -0.1) is 0 Å². The summed E-state index contributed by atoms with van der Waals surface area (Å²) < 4.78 is 11.2. The van der Waals surface area contributed by atoms with Crippen LogP contribution >= 0.6 is 12.2 Å². The Morgan fingerprint density at radius 3 is 2.61 bits per heavy atom. The highest BCUT2D eigenvalue weighted by Crippen LogP contribution is 2.28. The molecular weight excluding hydrogens is 434 g/mol. The molecule has 0 fully saturated rings. The molecule has 1 unspecified atom stereocenters. The largest absolute Gasteiger partial charge is 0.496 e. The fourth-order valence-electron chi connectivity index (χ4n) is 3.47. The number of aromatic nitrogens is 1. The van der Waals surface area contributed by atoms with Crippen LogP contribution in [0.4, 0.5) is 5.69 Å². The topological polar surface area (TPSA) is 76.4 Å². The molecule has 1 aromatic heterocycles. The lowest BCUT2D eigenvalue weighted by atomic mass is 9.98. The number of carbonyl (C=O) groups is 1. The summed E-state index contributed by atoms with van der Waals surface area (Å²) in [6.45, 7) is 4.38. The van der Waals surface area contributed by atoms with E-state index < -0.39 is 0 Å². The molecule has 33 heavy (non-hydrogen) atoms. The summed E-state index contributed by atoms with van der Waals surface area (Å²) in [7, 11) is 1.52. The molecule has 6 nitrogen and oxygen atoms in total. The number of thiocarbonyl (C=S) groups is 1. The molecule has 7 heteroatoms. The molecule has 0 bridgehead atoms. The number of anilines is 1. The molecule has 4 aromatic rings. The van der Waals surface area contributed by atoms with Crippen LogP contribution in [0.2, 0.25) is 0 Å². The quantitative estimate of drug-likeness (QED) is 0.337. The Morgan fingerprint density at radius 2 is 1.88 bits per heavy atom. The number of hydrogen-bond acceptors (Lipinski definition) is 5. The molecule has 3 aromatic carbocycles. The number of nitrogens with one attached hydrogen (secondary N) is 2. The average molecular weight is 460 g/mol. The first-order chi connectivity index (χ1) is 16.0. The lowest BCUT2D eigenvalue weighted by Crippen LogP contribution is -2.34. The van der Waals surface area contributed by atoms with Crippen LogP contribution in [0.1, 0.15) is 42.1 Å². The van der Waals surface area contributed by atoms with Crippen LogP contribution in [-0.4, -0.2) is 23.1 Å². The lowest BCUT2D eigenvalue weighted by molar-refractivity contribution is 0.0975. The normalized spacial score (nSPS) is 11.7. The highest BCUT2D eigenvalue weighted by atomic mass is 32.1. The molecule has 0 radical (unpaired) electrons. The van der Waals surface area contributed by atoms with Crippen LogP contribution in [0.3, 0.4) is 0 Å². The van der Waals surface area contributed by atoms with Crippen molar-refractivity contribution in [1.82, 2.24) is 10.3 Å². The predicted molar refractivity (Wildman–Crippen MR) is 135 cm³/mol. The first-order valence-electron chi connectivity index (χ1n) is 10.7. The van der Waals surface area contributed by atoms with Gasteiger partial charge in [0.2, 0.25) is 5.89 Å². The van der Waals surface area contributed by atoms with Crippen molar-refractivity contribution < 1.29 is 13.9 Å². The van der Waals surface area contributed by atoms with E-state index in [0.717, 1.165) is 28.8 Å². The second kappa shape index (κ2) is 9.83. The molecule has 1 atom stereocenters. The first-order valence-corrected chi connectivity index (χ1v) is 11.2. The molecule has 2 N–H and O–H groups in total. The van der Waals surface area contributed by atoms with Crippen molar-refractivity contribution in [2.75, 3.05) is 12.4 Å². The van der Waals surface area contributed by atoms with Gasteiger partial charge < -0.3 is 14.5 Å². The molecule has 4 rings (SSSR count). The first kappa shape index (κ1) is 22.5. The van der Waals surface area contributed by atoms with Crippen LogP contribution in [0, 0.1) is 0 Å². The van der Waals surface area contributed by atoms with Crippen LogP contribution in [0.15, 0.2) is 71.1 Å². The zero-order valence-electron chi connectivity index (χ0n) is 18.7. The highest BCUT2D eigenvalue weighted by Gasteiger charge is 2.14. The number of hydrogen-bond donors (Lipinski definition) is 2. The van der Waals surface area contributed by atoms with Gasteiger partial charge in [0.25, 0.3) is 5.91 Å². The summed E-state index contributed by atoms with van der Waals surface area (Å²) in [6, 6.07) is 20.6. The van der Waals surface area contributed by atoms with Gasteiger partial charge in [0, 0.05) is 11.3 Å². The Balaban J connectivity index is 1.44. The lowest BCUT2D eigenvalue weighted by Gasteiger charge is -2.11. The van der Waals surface area contributed by atoms with Crippen LogP contribution in [0.5, 0.6) is 5.75 Å². The third-order valence-corrected chi connectivity index (χ3v) is 5.77. The van der Waals surface area contributed by atoms with E-state index in [1.54, 1.807) is 24.3 Å². The zero-order valence-corrected chi connectivity index (χ0v) is 19.5. The maximum atomic E-state index is 12.5. The van der Waals surface area contributed by atoms with Crippen molar-refractivity contribution >= 4 is 40.0 Å². The van der Waals surface area contributed by atoms with Crippen molar-refractivity contribution in [1.29, 1.82) is 0 Å². The van der Waals surface area contributed by atoms with Gasteiger partial charge in [-0.05, 0) is 78.7 Å². The molecule has 168 valence electrons. The number of para-hydroxylation sites is 1. The van der Waals surface area contributed by atoms with Gasteiger partial charge in [0.15, 0.2) is 10.7 Å². The van der Waals surface area contributed by atoms with Gasteiger partial charge in [-0.25, -0.2) is 4.98 Å².